The number of aromatic nitrogens is 2. The van der Waals surface area contributed by atoms with Gasteiger partial charge in [-0.3, -0.25) is 5.10 Å². The number of fused-ring (bicyclic) bond motifs is 1. The van der Waals surface area contributed by atoms with Gasteiger partial charge in [-0.05, 0) is 12.1 Å². The number of hydrogen-bond acceptors (Lipinski definition) is 3. The molecule has 2 rings (SSSR count). The molecule has 74 valence electrons. The molecule has 4 N–H and O–H groups in total. The molecule has 4 nitrogen and oxygen atoms in total. The van der Waals surface area contributed by atoms with Gasteiger partial charge in [0.05, 0.1) is 24.4 Å². The maximum atomic E-state index is 13.4. The monoisotopic (exact) mass is 195 g/mol. The van der Waals surface area contributed by atoms with Crippen molar-refractivity contribution in [3.63, 3.8) is 0 Å². The number of nitrogens with one attached hydrogen (secondary N) is 1. The Bertz CT molecular complexity index is 454. The van der Waals surface area contributed by atoms with Crippen LogP contribution in [0, 0.1) is 5.82 Å². The van der Waals surface area contributed by atoms with E-state index < -0.39 is 11.9 Å². The second kappa shape index (κ2) is 3.36. The van der Waals surface area contributed by atoms with E-state index in [9.17, 15) is 4.39 Å². The van der Waals surface area contributed by atoms with Crippen molar-refractivity contribution in [2.24, 2.45) is 5.73 Å². The third-order valence-electron chi connectivity index (χ3n) is 2.15. The molecule has 0 radical (unpaired) electrons. The molecule has 0 aliphatic heterocycles. The van der Waals surface area contributed by atoms with E-state index in [-0.39, 0.29) is 6.61 Å². The number of H-pyrrole nitrogens is 1. The summed E-state index contributed by atoms with van der Waals surface area (Å²) in [5.41, 5.74) is 6.46. The van der Waals surface area contributed by atoms with Crippen LogP contribution in [0.15, 0.2) is 18.3 Å². The van der Waals surface area contributed by atoms with Crippen LogP contribution in [-0.4, -0.2) is 21.9 Å². The Kier molecular flexibility index (Phi) is 2.18. The molecular weight excluding hydrogens is 185 g/mol. The van der Waals surface area contributed by atoms with E-state index in [1.807, 2.05) is 0 Å². The largest absolute Gasteiger partial charge is 0.394 e. The average Bonchev–Trinajstić information content (AvgIpc) is 2.62. The summed E-state index contributed by atoms with van der Waals surface area (Å²) in [4.78, 5) is 0. The molecule has 5 heteroatoms. The topological polar surface area (TPSA) is 74.9 Å². The summed E-state index contributed by atoms with van der Waals surface area (Å²) in [6.07, 6.45) is 1.59. The molecule has 0 saturated heterocycles. The lowest BCUT2D eigenvalue weighted by Crippen LogP contribution is -2.15. The van der Waals surface area contributed by atoms with Gasteiger partial charge in [0, 0.05) is 10.9 Å². The number of benzene rings is 1. The first-order valence-electron chi connectivity index (χ1n) is 4.21. The minimum atomic E-state index is -0.686. The maximum absolute atomic E-state index is 13.4. The Labute approximate surface area is 79.5 Å². The molecule has 0 saturated carbocycles. The van der Waals surface area contributed by atoms with Gasteiger partial charge in [-0.1, -0.05) is 0 Å². The molecule has 0 amide bonds. The van der Waals surface area contributed by atoms with E-state index in [0.717, 1.165) is 5.39 Å². The van der Waals surface area contributed by atoms with E-state index in [0.29, 0.717) is 11.1 Å². The highest BCUT2D eigenvalue weighted by Gasteiger charge is 2.12. The second-order valence-corrected chi connectivity index (χ2v) is 3.12. The summed E-state index contributed by atoms with van der Waals surface area (Å²) in [5.74, 6) is -0.427. The fraction of sp³-hybridized carbons (Fsp3) is 0.222. The molecule has 1 aromatic heterocycles. The highest BCUT2D eigenvalue weighted by Crippen LogP contribution is 2.20. The van der Waals surface area contributed by atoms with Gasteiger partial charge in [-0.25, -0.2) is 4.39 Å². The highest BCUT2D eigenvalue weighted by atomic mass is 19.1. The van der Waals surface area contributed by atoms with E-state index in [2.05, 4.69) is 10.2 Å². The lowest BCUT2D eigenvalue weighted by Gasteiger charge is -2.09. The van der Waals surface area contributed by atoms with Crippen LogP contribution in [0.25, 0.3) is 10.9 Å². The second-order valence-electron chi connectivity index (χ2n) is 3.12. The number of aliphatic hydroxyl groups excluding tert-OH is 1. The summed E-state index contributed by atoms with van der Waals surface area (Å²) >= 11 is 0. The fourth-order valence-corrected chi connectivity index (χ4v) is 1.37. The van der Waals surface area contributed by atoms with Crippen molar-refractivity contribution < 1.29 is 9.50 Å². The maximum Gasteiger partial charge on any atom is 0.130 e. The molecule has 2 aromatic rings. The quantitative estimate of drug-likeness (QED) is 0.660. The predicted molar refractivity (Wildman–Crippen MR) is 50.1 cm³/mol. The van der Waals surface area contributed by atoms with Gasteiger partial charge in [0.15, 0.2) is 0 Å². The fourth-order valence-electron chi connectivity index (χ4n) is 1.37. The van der Waals surface area contributed by atoms with E-state index >= 15 is 0 Å². The lowest BCUT2D eigenvalue weighted by molar-refractivity contribution is 0.265. The highest BCUT2D eigenvalue weighted by molar-refractivity contribution is 5.78. The van der Waals surface area contributed by atoms with Crippen LogP contribution in [0.5, 0.6) is 0 Å². The number of nitrogens with two attached hydrogens (primary N) is 1. The van der Waals surface area contributed by atoms with Crippen molar-refractivity contribution in [3.8, 4) is 0 Å². The standard InChI is InChI=1S/C9H10FN3O/c10-7-2-9-5(3-12-13-9)1-6(7)8(11)4-14/h1-3,8,14H,4,11H2,(H,12,13). The molecule has 0 spiro atoms. The van der Waals surface area contributed by atoms with Crippen LogP contribution < -0.4 is 5.73 Å². The van der Waals surface area contributed by atoms with Crippen LogP contribution in [0.4, 0.5) is 4.39 Å². The van der Waals surface area contributed by atoms with Crippen molar-refractivity contribution >= 4 is 10.9 Å². The summed E-state index contributed by atoms with van der Waals surface area (Å²) in [6.45, 7) is -0.278. The van der Waals surface area contributed by atoms with Crippen molar-refractivity contribution in [2.75, 3.05) is 6.61 Å². The number of halogens is 1. The minimum Gasteiger partial charge on any atom is -0.394 e. The average molecular weight is 195 g/mol. The Morgan fingerprint density at radius 3 is 3.07 bits per heavy atom. The Morgan fingerprint density at radius 2 is 2.36 bits per heavy atom. The molecule has 1 aromatic carbocycles. The van der Waals surface area contributed by atoms with Gasteiger partial charge in [-0.15, -0.1) is 0 Å². The van der Waals surface area contributed by atoms with Gasteiger partial charge >= 0.3 is 0 Å². The van der Waals surface area contributed by atoms with Gasteiger partial charge in [0.1, 0.15) is 5.82 Å². The first kappa shape index (κ1) is 9.11. The van der Waals surface area contributed by atoms with E-state index in [4.69, 9.17) is 10.8 Å². The summed E-state index contributed by atoms with van der Waals surface area (Å²) in [7, 11) is 0. The van der Waals surface area contributed by atoms with Crippen LogP contribution in [-0.2, 0) is 0 Å². The number of hydrogen-bond donors (Lipinski definition) is 3. The first-order chi connectivity index (χ1) is 6.72. The Balaban J connectivity index is 2.58. The number of aliphatic hydroxyl groups is 1. The first-order valence-corrected chi connectivity index (χ1v) is 4.21. The van der Waals surface area contributed by atoms with Gasteiger partial charge in [-0.2, -0.15) is 5.10 Å². The number of nitrogens with zero attached hydrogens (tertiary/aromatic N) is 1. The molecule has 0 fully saturated rings. The minimum absolute atomic E-state index is 0.278. The SMILES string of the molecule is NC(CO)c1cc2cn[nH]c2cc1F. The third-order valence-corrected chi connectivity index (χ3v) is 2.15. The summed E-state index contributed by atoms with van der Waals surface area (Å²) in [6, 6.07) is 2.23. The lowest BCUT2D eigenvalue weighted by atomic mass is 10.1. The van der Waals surface area contributed by atoms with Crippen molar-refractivity contribution in [1.29, 1.82) is 0 Å². The predicted octanol–water partition coefficient (Wildman–Crippen LogP) is 0.694. The van der Waals surface area contributed by atoms with E-state index in [1.165, 1.54) is 6.07 Å². The summed E-state index contributed by atoms with van der Waals surface area (Å²) < 4.78 is 13.4. The zero-order valence-corrected chi connectivity index (χ0v) is 7.37. The normalized spacial score (nSPS) is 13.4. The number of aromatic amines is 1. The van der Waals surface area contributed by atoms with Crippen molar-refractivity contribution in [3.05, 3.63) is 29.7 Å². The zero-order valence-electron chi connectivity index (χ0n) is 7.37. The van der Waals surface area contributed by atoms with Crippen LogP contribution >= 0.6 is 0 Å². The smallest absolute Gasteiger partial charge is 0.130 e. The number of rotatable bonds is 2. The molecule has 1 heterocycles. The van der Waals surface area contributed by atoms with Gasteiger partial charge in [0.2, 0.25) is 0 Å². The van der Waals surface area contributed by atoms with E-state index in [1.54, 1.807) is 12.3 Å². The molecular formula is C9H10FN3O. The molecule has 1 unspecified atom stereocenters. The molecule has 0 bridgehead atoms. The Morgan fingerprint density at radius 1 is 1.57 bits per heavy atom. The van der Waals surface area contributed by atoms with Crippen molar-refractivity contribution in [2.45, 2.75) is 6.04 Å². The van der Waals surface area contributed by atoms with Crippen molar-refractivity contribution in [1.82, 2.24) is 10.2 Å². The summed E-state index contributed by atoms with van der Waals surface area (Å²) in [5, 5.41) is 16.0. The Hall–Kier alpha value is -1.46. The molecule has 0 aliphatic carbocycles. The molecule has 14 heavy (non-hydrogen) atoms. The van der Waals surface area contributed by atoms with Crippen LogP contribution in [0.3, 0.4) is 0 Å². The molecule has 1 atom stereocenters. The zero-order chi connectivity index (χ0) is 10.1. The van der Waals surface area contributed by atoms with Crippen LogP contribution in [0.2, 0.25) is 0 Å². The molecule has 0 aliphatic rings. The van der Waals surface area contributed by atoms with Gasteiger partial charge in [0.25, 0.3) is 0 Å². The van der Waals surface area contributed by atoms with Gasteiger partial charge < -0.3 is 10.8 Å². The third kappa shape index (κ3) is 1.36. The van der Waals surface area contributed by atoms with Crippen LogP contribution in [0.1, 0.15) is 11.6 Å².